The van der Waals surface area contributed by atoms with E-state index in [0.29, 0.717) is 5.25 Å². The Morgan fingerprint density at radius 1 is 1.26 bits per heavy atom. The third-order valence-electron chi connectivity index (χ3n) is 3.03. The maximum Gasteiger partial charge on any atom is 0.0931 e. The molecule has 0 saturated carbocycles. The number of nitrogens with two attached hydrogens (primary N) is 1. The van der Waals surface area contributed by atoms with Crippen LogP contribution in [0.3, 0.4) is 0 Å². The Hall–Kier alpha value is -0.480. The highest BCUT2D eigenvalue weighted by Gasteiger charge is 2.19. The fourth-order valence-electron chi connectivity index (χ4n) is 1.93. The molecule has 19 heavy (non-hydrogen) atoms. The summed E-state index contributed by atoms with van der Waals surface area (Å²) >= 11 is 9.54. The fraction of sp³-hybridized carbons (Fsp3) is 0.333. The van der Waals surface area contributed by atoms with Crippen LogP contribution in [0.15, 0.2) is 36.4 Å². The molecule has 1 aromatic heterocycles. The van der Waals surface area contributed by atoms with Crippen LogP contribution >= 0.6 is 34.7 Å². The zero-order valence-corrected chi connectivity index (χ0v) is 13.5. The van der Waals surface area contributed by atoms with E-state index in [1.807, 2.05) is 17.8 Å². The van der Waals surface area contributed by atoms with E-state index in [1.165, 1.54) is 16.0 Å². The topological polar surface area (TPSA) is 26.0 Å². The van der Waals surface area contributed by atoms with Crippen molar-refractivity contribution in [2.24, 2.45) is 5.73 Å². The molecule has 2 atom stereocenters. The number of halogens is 1. The monoisotopic (exact) mass is 311 g/mol. The van der Waals surface area contributed by atoms with Crippen LogP contribution in [0.1, 0.15) is 28.2 Å². The molecule has 4 heteroatoms. The molecule has 1 heterocycles. The summed E-state index contributed by atoms with van der Waals surface area (Å²) in [6, 6.07) is 12.7. The minimum atomic E-state index is 0.115. The second-order valence-electron chi connectivity index (χ2n) is 4.66. The molecule has 2 aromatic rings. The molecule has 102 valence electrons. The van der Waals surface area contributed by atoms with E-state index in [2.05, 4.69) is 44.2 Å². The van der Waals surface area contributed by atoms with Gasteiger partial charge in [-0.15, -0.1) is 23.1 Å². The van der Waals surface area contributed by atoms with Crippen molar-refractivity contribution in [1.29, 1.82) is 0 Å². The summed E-state index contributed by atoms with van der Waals surface area (Å²) < 4.78 is 0.831. The largest absolute Gasteiger partial charge is 0.327 e. The number of aryl methyl sites for hydroxylation is 1. The van der Waals surface area contributed by atoms with Crippen molar-refractivity contribution in [2.45, 2.75) is 30.9 Å². The van der Waals surface area contributed by atoms with Crippen molar-refractivity contribution in [1.82, 2.24) is 0 Å². The van der Waals surface area contributed by atoms with Gasteiger partial charge in [-0.1, -0.05) is 35.9 Å². The highest BCUT2D eigenvalue weighted by Crippen LogP contribution is 2.39. The van der Waals surface area contributed by atoms with Gasteiger partial charge in [0, 0.05) is 16.7 Å². The molecule has 1 nitrogen and oxygen atoms in total. The number of hydrogen-bond donors (Lipinski definition) is 1. The van der Waals surface area contributed by atoms with Gasteiger partial charge in [-0.05, 0) is 37.1 Å². The van der Waals surface area contributed by atoms with Crippen molar-refractivity contribution in [3.05, 3.63) is 56.7 Å². The maximum absolute atomic E-state index is 6.12. The normalized spacial score (nSPS) is 14.3. The van der Waals surface area contributed by atoms with Gasteiger partial charge in [0.1, 0.15) is 0 Å². The molecule has 0 aliphatic heterocycles. The Balaban J connectivity index is 2.08. The number of thioether (sulfide) groups is 1. The van der Waals surface area contributed by atoms with Crippen molar-refractivity contribution < 1.29 is 0 Å². The van der Waals surface area contributed by atoms with E-state index in [9.17, 15) is 0 Å². The Labute approximate surface area is 128 Å². The molecule has 1 aromatic carbocycles. The van der Waals surface area contributed by atoms with E-state index < -0.39 is 0 Å². The van der Waals surface area contributed by atoms with Gasteiger partial charge in [-0.25, -0.2) is 0 Å². The summed E-state index contributed by atoms with van der Waals surface area (Å²) in [4.78, 5) is 1.26. The van der Waals surface area contributed by atoms with E-state index in [4.69, 9.17) is 17.3 Å². The molecule has 2 rings (SSSR count). The molecule has 0 amide bonds. The molecule has 0 spiro atoms. The number of benzene rings is 1. The summed E-state index contributed by atoms with van der Waals surface area (Å²) in [6.45, 7) is 4.21. The van der Waals surface area contributed by atoms with Crippen molar-refractivity contribution in [3.63, 3.8) is 0 Å². The van der Waals surface area contributed by atoms with Crippen molar-refractivity contribution in [2.75, 3.05) is 0 Å². The van der Waals surface area contributed by atoms with Gasteiger partial charge in [-0.2, -0.15) is 0 Å². The highest BCUT2D eigenvalue weighted by molar-refractivity contribution is 7.98. The van der Waals surface area contributed by atoms with E-state index in [0.717, 1.165) is 10.1 Å². The molecule has 0 fully saturated rings. The zero-order valence-electron chi connectivity index (χ0n) is 11.1. The number of hydrogen-bond acceptors (Lipinski definition) is 3. The van der Waals surface area contributed by atoms with Gasteiger partial charge in [0.2, 0.25) is 0 Å². The van der Waals surface area contributed by atoms with E-state index >= 15 is 0 Å². The minimum absolute atomic E-state index is 0.115. The van der Waals surface area contributed by atoms with Crippen LogP contribution in [-0.4, -0.2) is 6.04 Å². The second kappa shape index (κ2) is 6.80. The summed E-state index contributed by atoms with van der Waals surface area (Å²) in [5.74, 6) is 0.981. The van der Waals surface area contributed by atoms with Crippen LogP contribution in [0.5, 0.6) is 0 Å². The molecular formula is C15H18ClNS2. The molecule has 0 bridgehead atoms. The standard InChI is InChI=1S/C15H18ClNS2/c1-10-5-3-4-6-12(10)9-18-15(11(2)17)13-7-8-14(16)19-13/h3-8,11,15H,9,17H2,1-2H3. The third kappa shape index (κ3) is 3.99. The first kappa shape index (κ1) is 14.9. The lowest BCUT2D eigenvalue weighted by molar-refractivity contribution is 0.730. The molecule has 2 N–H and O–H groups in total. The first-order valence-electron chi connectivity index (χ1n) is 6.25. The second-order valence-corrected chi connectivity index (χ2v) is 7.54. The molecule has 0 radical (unpaired) electrons. The van der Waals surface area contributed by atoms with Crippen molar-refractivity contribution >= 4 is 34.7 Å². The minimum Gasteiger partial charge on any atom is -0.327 e. The lowest BCUT2D eigenvalue weighted by Crippen LogP contribution is -2.22. The summed E-state index contributed by atoms with van der Waals surface area (Å²) in [5, 5.41) is 0.303. The Morgan fingerprint density at radius 2 is 2.00 bits per heavy atom. The van der Waals surface area contributed by atoms with Gasteiger partial charge in [0.05, 0.1) is 9.59 Å². The van der Waals surface area contributed by atoms with Crippen LogP contribution < -0.4 is 5.73 Å². The predicted octanol–water partition coefficient (Wildman–Crippen LogP) is 5.03. The first-order valence-corrected chi connectivity index (χ1v) is 8.49. The number of rotatable bonds is 5. The Bertz CT molecular complexity index is 536. The predicted molar refractivity (Wildman–Crippen MR) is 88.2 cm³/mol. The van der Waals surface area contributed by atoms with Gasteiger partial charge < -0.3 is 5.73 Å². The molecular weight excluding hydrogens is 294 g/mol. The number of thiophene rings is 1. The van der Waals surface area contributed by atoms with Gasteiger partial charge >= 0.3 is 0 Å². The zero-order chi connectivity index (χ0) is 13.8. The summed E-state index contributed by atoms with van der Waals surface area (Å²) in [5.41, 5.74) is 8.83. The average molecular weight is 312 g/mol. The van der Waals surface area contributed by atoms with Crippen LogP contribution in [0.4, 0.5) is 0 Å². The maximum atomic E-state index is 6.12. The fourth-order valence-corrected chi connectivity index (χ4v) is 4.66. The lowest BCUT2D eigenvalue weighted by Gasteiger charge is -2.19. The first-order chi connectivity index (χ1) is 9.08. The third-order valence-corrected chi connectivity index (χ3v) is 6.02. The average Bonchev–Trinajstić information content (AvgIpc) is 2.78. The van der Waals surface area contributed by atoms with Gasteiger partial charge in [-0.3, -0.25) is 0 Å². The quantitative estimate of drug-likeness (QED) is 0.838. The Morgan fingerprint density at radius 3 is 2.58 bits per heavy atom. The van der Waals surface area contributed by atoms with Gasteiger partial charge in [0.15, 0.2) is 0 Å². The Kier molecular flexibility index (Phi) is 5.34. The molecule has 0 aliphatic carbocycles. The smallest absolute Gasteiger partial charge is 0.0931 e. The molecule has 2 unspecified atom stereocenters. The van der Waals surface area contributed by atoms with Crippen LogP contribution in [0.25, 0.3) is 0 Å². The highest BCUT2D eigenvalue weighted by atomic mass is 35.5. The molecule has 0 saturated heterocycles. The molecule has 0 aliphatic rings. The lowest BCUT2D eigenvalue weighted by atomic mass is 10.1. The summed E-state index contributed by atoms with van der Waals surface area (Å²) in [7, 11) is 0. The van der Waals surface area contributed by atoms with E-state index in [1.54, 1.807) is 11.3 Å². The summed E-state index contributed by atoms with van der Waals surface area (Å²) in [6.07, 6.45) is 0. The SMILES string of the molecule is Cc1ccccc1CSC(c1ccc(Cl)s1)C(C)N. The van der Waals surface area contributed by atoms with E-state index in [-0.39, 0.29) is 6.04 Å². The van der Waals surface area contributed by atoms with Crippen LogP contribution in [0.2, 0.25) is 4.34 Å². The van der Waals surface area contributed by atoms with Gasteiger partial charge in [0.25, 0.3) is 0 Å². The van der Waals surface area contributed by atoms with Crippen molar-refractivity contribution in [3.8, 4) is 0 Å². The van der Waals surface area contributed by atoms with Crippen LogP contribution in [0, 0.1) is 6.92 Å². The van der Waals surface area contributed by atoms with Crippen LogP contribution in [-0.2, 0) is 5.75 Å².